The van der Waals surface area contributed by atoms with Crippen molar-refractivity contribution in [2.24, 2.45) is 5.73 Å². The van der Waals surface area contributed by atoms with Gasteiger partial charge in [0.1, 0.15) is 11.7 Å². The molecule has 0 spiro atoms. The van der Waals surface area contributed by atoms with Gasteiger partial charge in [-0.15, -0.1) is 0 Å². The van der Waals surface area contributed by atoms with Crippen LogP contribution in [-0.4, -0.2) is 38.0 Å². The fourth-order valence-corrected chi connectivity index (χ4v) is 3.11. The summed E-state index contributed by atoms with van der Waals surface area (Å²) in [6.07, 6.45) is 3.22. The molecule has 2 heterocycles. The van der Waals surface area contributed by atoms with E-state index in [9.17, 15) is 14.4 Å². The molecular formula is C18H15N5O3S. The lowest BCUT2D eigenvalue weighted by Gasteiger charge is -2.16. The average Bonchev–Trinajstić information content (AvgIpc) is 3.18. The molecule has 2 aromatic heterocycles. The molecular weight excluding hydrogens is 366 g/mol. The summed E-state index contributed by atoms with van der Waals surface area (Å²) in [7, 11) is 0. The average molecular weight is 381 g/mol. The van der Waals surface area contributed by atoms with Crippen LogP contribution in [0.4, 0.5) is 0 Å². The van der Waals surface area contributed by atoms with Crippen molar-refractivity contribution in [1.82, 2.24) is 19.7 Å². The molecule has 0 saturated carbocycles. The van der Waals surface area contributed by atoms with E-state index in [-0.39, 0.29) is 12.0 Å². The summed E-state index contributed by atoms with van der Waals surface area (Å²) < 4.78 is 4.16. The Kier molecular flexibility index (Phi) is 5.62. The third-order valence-corrected chi connectivity index (χ3v) is 4.37. The van der Waals surface area contributed by atoms with E-state index in [0.29, 0.717) is 11.5 Å². The van der Waals surface area contributed by atoms with Gasteiger partial charge in [0.2, 0.25) is 5.78 Å². The topological polar surface area (TPSA) is 128 Å². The molecule has 3 N–H and O–H groups in total. The zero-order chi connectivity index (χ0) is 19.2. The lowest BCUT2D eigenvalue weighted by atomic mass is 10.0. The molecule has 136 valence electrons. The number of aromatic nitrogens is 3. The Hall–Kier alpha value is -3.46. The Bertz CT molecular complexity index is 959. The maximum absolute atomic E-state index is 12.7. The number of hydrogen-bond acceptors (Lipinski definition) is 7. The summed E-state index contributed by atoms with van der Waals surface area (Å²) in [5.41, 5.74) is 6.45. The van der Waals surface area contributed by atoms with Crippen LogP contribution in [0.25, 0.3) is 11.5 Å². The van der Waals surface area contributed by atoms with E-state index in [1.807, 2.05) is 6.07 Å². The molecule has 0 bridgehead atoms. The lowest BCUT2D eigenvalue weighted by molar-refractivity contribution is -0.137. The molecule has 0 radical (unpaired) electrons. The van der Waals surface area contributed by atoms with Crippen molar-refractivity contribution in [3.63, 3.8) is 0 Å². The molecule has 0 aliphatic carbocycles. The van der Waals surface area contributed by atoms with E-state index < -0.39 is 23.6 Å². The summed E-state index contributed by atoms with van der Waals surface area (Å²) in [4.78, 5) is 44.5. The molecule has 0 saturated heterocycles. The number of amides is 2. The molecule has 0 fully saturated rings. The highest BCUT2D eigenvalue weighted by Crippen LogP contribution is 2.20. The van der Waals surface area contributed by atoms with Crippen molar-refractivity contribution in [2.45, 2.75) is 12.5 Å². The van der Waals surface area contributed by atoms with Gasteiger partial charge in [0, 0.05) is 24.2 Å². The number of primary amides is 1. The van der Waals surface area contributed by atoms with Crippen LogP contribution in [0.5, 0.6) is 0 Å². The van der Waals surface area contributed by atoms with Gasteiger partial charge < -0.3 is 11.1 Å². The molecule has 3 aromatic rings. The third-order valence-electron chi connectivity index (χ3n) is 3.74. The monoisotopic (exact) mass is 381 g/mol. The highest BCUT2D eigenvalue weighted by Gasteiger charge is 2.27. The molecule has 1 unspecified atom stereocenters. The summed E-state index contributed by atoms with van der Waals surface area (Å²) in [5.74, 6) is -2.23. The number of nitrogens with two attached hydrogens (primary N) is 1. The van der Waals surface area contributed by atoms with Crippen molar-refractivity contribution in [1.29, 1.82) is 0 Å². The quantitative estimate of drug-likeness (QED) is 0.588. The van der Waals surface area contributed by atoms with Gasteiger partial charge in [-0.25, -0.2) is 9.97 Å². The number of Topliss-reactive ketones (excluding diaryl/α,β-unsaturated/α-hetero) is 1. The van der Waals surface area contributed by atoms with E-state index >= 15 is 0 Å². The van der Waals surface area contributed by atoms with E-state index in [1.165, 1.54) is 17.8 Å². The first-order valence-electron chi connectivity index (χ1n) is 7.96. The first-order valence-corrected chi connectivity index (χ1v) is 8.80. The van der Waals surface area contributed by atoms with Gasteiger partial charge in [0.15, 0.2) is 5.82 Å². The van der Waals surface area contributed by atoms with Crippen LogP contribution in [0.1, 0.15) is 15.9 Å². The maximum atomic E-state index is 12.7. The third kappa shape index (κ3) is 4.39. The van der Waals surface area contributed by atoms with Crippen LogP contribution < -0.4 is 11.1 Å². The second-order valence-corrected chi connectivity index (χ2v) is 6.22. The summed E-state index contributed by atoms with van der Waals surface area (Å²) in [5, 5.41) is 4.12. The van der Waals surface area contributed by atoms with E-state index in [4.69, 9.17) is 5.73 Å². The van der Waals surface area contributed by atoms with Crippen LogP contribution in [-0.2, 0) is 16.0 Å². The Morgan fingerprint density at radius 2 is 1.78 bits per heavy atom. The predicted octanol–water partition coefficient (Wildman–Crippen LogP) is 0.996. The van der Waals surface area contributed by atoms with E-state index in [0.717, 1.165) is 17.1 Å². The van der Waals surface area contributed by atoms with Crippen LogP contribution in [0.3, 0.4) is 0 Å². The smallest absolute Gasteiger partial charge is 0.287 e. The molecule has 9 heteroatoms. The minimum atomic E-state index is -1.11. The normalized spacial score (nSPS) is 11.6. The minimum Gasteiger partial charge on any atom is -0.363 e. The van der Waals surface area contributed by atoms with Crippen molar-refractivity contribution in [2.75, 3.05) is 0 Å². The number of hydrogen-bond donors (Lipinski definition) is 2. The van der Waals surface area contributed by atoms with E-state index in [2.05, 4.69) is 19.7 Å². The van der Waals surface area contributed by atoms with Gasteiger partial charge in [0.05, 0.1) is 5.56 Å². The molecule has 3 rings (SSSR count). The Morgan fingerprint density at radius 1 is 1.07 bits per heavy atom. The SMILES string of the molecule is NC(=O)C(=O)C(Cc1ccccc1)NC(=O)c1csnc1-c1ncccn1. The molecule has 0 aliphatic heterocycles. The van der Waals surface area contributed by atoms with Gasteiger partial charge in [-0.1, -0.05) is 30.3 Å². The molecule has 0 aliphatic rings. The Labute approximate surface area is 158 Å². The molecule has 27 heavy (non-hydrogen) atoms. The van der Waals surface area contributed by atoms with Gasteiger partial charge in [0.25, 0.3) is 11.8 Å². The predicted molar refractivity (Wildman–Crippen MR) is 98.7 cm³/mol. The molecule has 8 nitrogen and oxygen atoms in total. The second-order valence-electron chi connectivity index (χ2n) is 5.59. The van der Waals surface area contributed by atoms with Gasteiger partial charge >= 0.3 is 0 Å². The van der Waals surface area contributed by atoms with Gasteiger partial charge in [-0.3, -0.25) is 14.4 Å². The zero-order valence-electron chi connectivity index (χ0n) is 14.0. The van der Waals surface area contributed by atoms with Crippen LogP contribution in [0, 0.1) is 0 Å². The van der Waals surface area contributed by atoms with Crippen molar-refractivity contribution in [3.8, 4) is 11.5 Å². The fraction of sp³-hybridized carbons (Fsp3) is 0.111. The number of nitrogens with one attached hydrogen (secondary N) is 1. The van der Waals surface area contributed by atoms with Crippen molar-refractivity contribution in [3.05, 3.63) is 65.3 Å². The van der Waals surface area contributed by atoms with Crippen molar-refractivity contribution >= 4 is 29.1 Å². The fourth-order valence-electron chi connectivity index (χ4n) is 2.45. The number of carbonyl (C=O) groups is 3. The van der Waals surface area contributed by atoms with Crippen molar-refractivity contribution < 1.29 is 14.4 Å². The molecule has 2 amide bonds. The number of benzene rings is 1. The largest absolute Gasteiger partial charge is 0.363 e. The first-order chi connectivity index (χ1) is 13.1. The van der Waals surface area contributed by atoms with Crippen LogP contribution in [0.2, 0.25) is 0 Å². The highest BCUT2D eigenvalue weighted by atomic mass is 32.1. The number of nitrogens with zero attached hydrogens (tertiary/aromatic N) is 3. The molecule has 1 atom stereocenters. The number of rotatable bonds is 7. The highest BCUT2D eigenvalue weighted by molar-refractivity contribution is 7.04. The first kappa shape index (κ1) is 18.3. The number of carbonyl (C=O) groups excluding carboxylic acids is 3. The molecule has 1 aromatic carbocycles. The minimum absolute atomic E-state index is 0.142. The summed E-state index contributed by atoms with van der Waals surface area (Å²) in [6, 6.07) is 9.59. The Morgan fingerprint density at radius 3 is 2.44 bits per heavy atom. The maximum Gasteiger partial charge on any atom is 0.287 e. The second kappa shape index (κ2) is 8.28. The Balaban J connectivity index is 1.84. The van der Waals surface area contributed by atoms with Crippen LogP contribution >= 0.6 is 11.5 Å². The summed E-state index contributed by atoms with van der Waals surface area (Å²) >= 11 is 1.07. The lowest BCUT2D eigenvalue weighted by Crippen LogP contribution is -2.47. The van der Waals surface area contributed by atoms with Gasteiger partial charge in [-0.05, 0) is 23.2 Å². The standard InChI is InChI=1S/C18H15N5O3S/c19-16(25)15(24)13(9-11-5-2-1-3-6-11)22-18(26)12-10-27-23-14(12)17-20-7-4-8-21-17/h1-8,10,13H,9H2,(H2,19,25)(H,22,26). The number of ketones is 1. The van der Waals surface area contributed by atoms with E-state index in [1.54, 1.807) is 30.3 Å². The zero-order valence-corrected chi connectivity index (χ0v) is 14.8. The van der Waals surface area contributed by atoms with Gasteiger partial charge in [-0.2, -0.15) is 4.37 Å². The van der Waals surface area contributed by atoms with Crippen LogP contribution in [0.15, 0.2) is 54.2 Å². The summed E-state index contributed by atoms with van der Waals surface area (Å²) in [6.45, 7) is 0.